The van der Waals surface area contributed by atoms with E-state index >= 15 is 0 Å². The van der Waals surface area contributed by atoms with E-state index in [-0.39, 0.29) is 23.8 Å². The SMILES string of the molecule is CCCS(=O)(=O)c1ccccc1NCC(O)CO. The highest BCUT2D eigenvalue weighted by Crippen LogP contribution is 2.22. The van der Waals surface area contributed by atoms with Crippen molar-refractivity contribution in [3.8, 4) is 0 Å². The lowest BCUT2D eigenvalue weighted by atomic mass is 10.3. The van der Waals surface area contributed by atoms with Crippen molar-refractivity contribution >= 4 is 15.5 Å². The molecule has 0 aliphatic carbocycles. The minimum Gasteiger partial charge on any atom is -0.394 e. The molecule has 0 aliphatic heterocycles. The first-order valence-electron chi connectivity index (χ1n) is 5.86. The van der Waals surface area contributed by atoms with Crippen molar-refractivity contribution in [3.05, 3.63) is 24.3 Å². The molecule has 5 nitrogen and oxygen atoms in total. The van der Waals surface area contributed by atoms with Gasteiger partial charge in [0.2, 0.25) is 0 Å². The molecule has 0 bridgehead atoms. The molecular formula is C12H19NO4S. The third kappa shape index (κ3) is 3.97. The third-order valence-electron chi connectivity index (χ3n) is 2.43. The number of rotatable bonds is 7. The average molecular weight is 273 g/mol. The van der Waals surface area contributed by atoms with E-state index in [0.29, 0.717) is 12.1 Å². The summed E-state index contributed by atoms with van der Waals surface area (Å²) in [6, 6.07) is 6.57. The Kier molecular flexibility index (Phi) is 5.58. The largest absolute Gasteiger partial charge is 0.394 e. The summed E-state index contributed by atoms with van der Waals surface area (Å²) in [5, 5.41) is 20.8. The van der Waals surface area contributed by atoms with Gasteiger partial charge in [-0.25, -0.2) is 8.42 Å². The Morgan fingerprint density at radius 1 is 1.33 bits per heavy atom. The number of nitrogens with one attached hydrogen (secondary N) is 1. The summed E-state index contributed by atoms with van der Waals surface area (Å²) < 4.78 is 24.0. The van der Waals surface area contributed by atoms with Gasteiger partial charge in [0, 0.05) is 6.54 Å². The molecule has 0 aromatic heterocycles. The fourth-order valence-corrected chi connectivity index (χ4v) is 3.07. The molecule has 1 atom stereocenters. The van der Waals surface area contributed by atoms with E-state index in [4.69, 9.17) is 5.11 Å². The zero-order valence-corrected chi connectivity index (χ0v) is 11.2. The number of benzene rings is 1. The highest BCUT2D eigenvalue weighted by Gasteiger charge is 2.17. The molecule has 0 fully saturated rings. The molecule has 1 aromatic rings. The van der Waals surface area contributed by atoms with Crippen LogP contribution in [0.4, 0.5) is 5.69 Å². The quantitative estimate of drug-likeness (QED) is 0.678. The summed E-state index contributed by atoms with van der Waals surface area (Å²) in [6.45, 7) is 1.55. The molecule has 0 aliphatic rings. The van der Waals surface area contributed by atoms with E-state index in [2.05, 4.69) is 5.32 Å². The highest BCUT2D eigenvalue weighted by atomic mass is 32.2. The molecule has 102 valence electrons. The smallest absolute Gasteiger partial charge is 0.180 e. The van der Waals surface area contributed by atoms with Gasteiger partial charge >= 0.3 is 0 Å². The maximum atomic E-state index is 12.0. The van der Waals surface area contributed by atoms with Crippen LogP contribution >= 0.6 is 0 Å². The van der Waals surface area contributed by atoms with Gasteiger partial charge in [-0.2, -0.15) is 0 Å². The van der Waals surface area contributed by atoms with E-state index in [1.54, 1.807) is 24.3 Å². The van der Waals surface area contributed by atoms with E-state index in [0.717, 1.165) is 0 Å². The van der Waals surface area contributed by atoms with Gasteiger partial charge in [-0.1, -0.05) is 19.1 Å². The molecule has 0 spiro atoms. The van der Waals surface area contributed by atoms with Gasteiger partial charge in [0.15, 0.2) is 9.84 Å². The topological polar surface area (TPSA) is 86.6 Å². The van der Waals surface area contributed by atoms with Crippen molar-refractivity contribution < 1.29 is 18.6 Å². The maximum Gasteiger partial charge on any atom is 0.180 e. The second-order valence-electron chi connectivity index (χ2n) is 4.03. The minimum atomic E-state index is -3.30. The Balaban J connectivity index is 2.93. The van der Waals surface area contributed by atoms with Gasteiger partial charge in [-0.15, -0.1) is 0 Å². The van der Waals surface area contributed by atoms with Crippen LogP contribution in [0.5, 0.6) is 0 Å². The normalized spacial score (nSPS) is 13.3. The van der Waals surface area contributed by atoms with Gasteiger partial charge in [0.25, 0.3) is 0 Å². The van der Waals surface area contributed by atoms with E-state index in [1.807, 2.05) is 6.92 Å². The number of sulfone groups is 1. The Morgan fingerprint density at radius 2 is 2.00 bits per heavy atom. The number of hydrogen-bond donors (Lipinski definition) is 3. The minimum absolute atomic E-state index is 0.0915. The summed E-state index contributed by atoms with van der Waals surface area (Å²) in [6.07, 6.45) is -0.359. The van der Waals surface area contributed by atoms with Crippen molar-refractivity contribution in [1.82, 2.24) is 0 Å². The predicted octanol–water partition coefficient (Wildman–Crippen LogP) is 0.635. The van der Waals surface area contributed by atoms with Crippen LogP contribution in [0.3, 0.4) is 0 Å². The Hall–Kier alpha value is -1.11. The molecule has 0 amide bonds. The van der Waals surface area contributed by atoms with Crippen LogP contribution in [-0.2, 0) is 9.84 Å². The first-order valence-corrected chi connectivity index (χ1v) is 7.51. The summed E-state index contributed by atoms with van der Waals surface area (Å²) in [5.41, 5.74) is 0.457. The van der Waals surface area contributed by atoms with Crippen LogP contribution in [0, 0.1) is 0 Å². The van der Waals surface area contributed by atoms with Gasteiger partial charge in [-0.05, 0) is 18.6 Å². The number of aliphatic hydroxyl groups is 2. The predicted molar refractivity (Wildman–Crippen MR) is 70.4 cm³/mol. The summed E-state index contributed by atoms with van der Waals surface area (Å²) in [7, 11) is -3.30. The zero-order valence-electron chi connectivity index (χ0n) is 10.3. The van der Waals surface area contributed by atoms with Crippen molar-refractivity contribution in [1.29, 1.82) is 0 Å². The molecule has 0 saturated carbocycles. The van der Waals surface area contributed by atoms with E-state index in [9.17, 15) is 13.5 Å². The standard InChI is InChI=1S/C12H19NO4S/c1-2-7-18(16,17)12-6-4-3-5-11(12)13-8-10(15)9-14/h3-6,10,13-15H,2,7-9H2,1H3. The first-order chi connectivity index (χ1) is 8.51. The van der Waals surface area contributed by atoms with Crippen LogP contribution in [0.15, 0.2) is 29.2 Å². The lowest BCUT2D eigenvalue weighted by Gasteiger charge is -2.14. The Bertz CT molecular complexity index is 473. The van der Waals surface area contributed by atoms with Crippen LogP contribution in [0.25, 0.3) is 0 Å². The highest BCUT2D eigenvalue weighted by molar-refractivity contribution is 7.91. The fraction of sp³-hybridized carbons (Fsp3) is 0.500. The number of hydrogen-bond acceptors (Lipinski definition) is 5. The molecule has 0 saturated heterocycles. The molecule has 1 unspecified atom stereocenters. The van der Waals surface area contributed by atoms with E-state index in [1.165, 1.54) is 0 Å². The molecule has 3 N–H and O–H groups in total. The maximum absolute atomic E-state index is 12.0. The number of anilines is 1. The third-order valence-corrected chi connectivity index (χ3v) is 4.41. The molecule has 0 radical (unpaired) electrons. The van der Waals surface area contributed by atoms with Gasteiger partial charge < -0.3 is 15.5 Å². The first kappa shape index (κ1) is 14.9. The molecule has 1 rings (SSSR count). The molecule has 18 heavy (non-hydrogen) atoms. The molecule has 6 heteroatoms. The molecule has 0 heterocycles. The number of para-hydroxylation sites is 1. The van der Waals surface area contributed by atoms with E-state index < -0.39 is 15.9 Å². The van der Waals surface area contributed by atoms with Crippen molar-refractivity contribution in [2.45, 2.75) is 24.3 Å². The van der Waals surface area contributed by atoms with Crippen LogP contribution in [-0.4, -0.2) is 43.6 Å². The Labute approximate surface area is 107 Å². The van der Waals surface area contributed by atoms with Crippen molar-refractivity contribution in [2.24, 2.45) is 0 Å². The number of aliphatic hydroxyl groups excluding tert-OH is 2. The fourth-order valence-electron chi connectivity index (χ4n) is 1.55. The monoisotopic (exact) mass is 273 g/mol. The Morgan fingerprint density at radius 3 is 2.61 bits per heavy atom. The lowest BCUT2D eigenvalue weighted by molar-refractivity contribution is 0.105. The summed E-state index contributed by atoms with van der Waals surface area (Å²) >= 11 is 0. The van der Waals surface area contributed by atoms with Crippen molar-refractivity contribution in [3.63, 3.8) is 0 Å². The van der Waals surface area contributed by atoms with Crippen LogP contribution < -0.4 is 5.32 Å². The summed E-state index contributed by atoms with van der Waals surface area (Å²) in [4.78, 5) is 0.233. The second kappa shape index (κ2) is 6.72. The van der Waals surface area contributed by atoms with Crippen molar-refractivity contribution in [2.75, 3.05) is 24.2 Å². The molecular weight excluding hydrogens is 254 g/mol. The zero-order chi connectivity index (χ0) is 13.6. The van der Waals surface area contributed by atoms with Crippen LogP contribution in [0.1, 0.15) is 13.3 Å². The van der Waals surface area contributed by atoms with Gasteiger partial charge in [0.05, 0.1) is 29.0 Å². The lowest BCUT2D eigenvalue weighted by Crippen LogP contribution is -2.23. The van der Waals surface area contributed by atoms with Gasteiger partial charge in [0.1, 0.15) is 0 Å². The summed E-state index contributed by atoms with van der Waals surface area (Å²) in [5.74, 6) is 0.0915. The molecule has 1 aromatic carbocycles. The average Bonchev–Trinajstić information content (AvgIpc) is 2.36. The van der Waals surface area contributed by atoms with Gasteiger partial charge in [-0.3, -0.25) is 0 Å². The van der Waals surface area contributed by atoms with Crippen LogP contribution in [0.2, 0.25) is 0 Å². The second-order valence-corrected chi connectivity index (χ2v) is 6.11.